The molecule has 4 heteroatoms. The summed E-state index contributed by atoms with van der Waals surface area (Å²) in [4.78, 5) is 17.1. The van der Waals surface area contributed by atoms with Gasteiger partial charge in [-0.25, -0.2) is 4.79 Å². The van der Waals surface area contributed by atoms with Gasteiger partial charge in [0.2, 0.25) is 0 Å². The van der Waals surface area contributed by atoms with Crippen molar-refractivity contribution in [1.82, 2.24) is 15.1 Å². The second-order valence-electron chi connectivity index (χ2n) is 8.58. The maximum absolute atomic E-state index is 12.5. The van der Waals surface area contributed by atoms with Crippen LogP contribution in [-0.4, -0.2) is 48.6 Å². The van der Waals surface area contributed by atoms with Gasteiger partial charge in [0.25, 0.3) is 0 Å². The van der Waals surface area contributed by atoms with Crippen LogP contribution < -0.4 is 5.32 Å². The van der Waals surface area contributed by atoms with Crippen molar-refractivity contribution >= 4 is 6.03 Å². The Bertz CT molecular complexity index is 615. The maximum Gasteiger partial charge on any atom is 0.318 e. The van der Waals surface area contributed by atoms with Crippen LogP contribution in [0.3, 0.4) is 0 Å². The zero-order chi connectivity index (χ0) is 17.5. The Hall–Kier alpha value is -1.55. The lowest BCUT2D eigenvalue weighted by Gasteiger charge is -2.51. The van der Waals surface area contributed by atoms with Gasteiger partial charge in [-0.05, 0) is 64.1 Å². The summed E-state index contributed by atoms with van der Waals surface area (Å²) >= 11 is 0. The van der Waals surface area contributed by atoms with Crippen LogP contribution in [0.2, 0.25) is 0 Å². The third kappa shape index (κ3) is 2.75. The average Bonchev–Trinajstić information content (AvgIpc) is 2.88. The predicted molar refractivity (Wildman–Crippen MR) is 100 cm³/mol. The SMILES string of the molecule is CN(C)[C@]1(c2ccccc2)CC[C@@]2(CC1)CNC(=O)N2CC1CCC1. The van der Waals surface area contributed by atoms with Crippen molar-refractivity contribution in [3.8, 4) is 0 Å². The second kappa shape index (κ2) is 6.31. The Labute approximate surface area is 151 Å². The van der Waals surface area contributed by atoms with Gasteiger partial charge >= 0.3 is 6.03 Å². The lowest BCUT2D eigenvalue weighted by Crippen LogP contribution is -2.56. The molecule has 1 aromatic rings. The van der Waals surface area contributed by atoms with Crippen molar-refractivity contribution in [2.24, 2.45) is 5.92 Å². The Balaban J connectivity index is 1.55. The largest absolute Gasteiger partial charge is 0.336 e. The second-order valence-corrected chi connectivity index (χ2v) is 8.58. The van der Waals surface area contributed by atoms with E-state index in [1.54, 1.807) is 0 Å². The zero-order valence-electron chi connectivity index (χ0n) is 15.6. The van der Waals surface area contributed by atoms with Crippen molar-refractivity contribution < 1.29 is 4.79 Å². The van der Waals surface area contributed by atoms with E-state index in [2.05, 4.69) is 59.5 Å². The minimum absolute atomic E-state index is 0.0426. The highest BCUT2D eigenvalue weighted by molar-refractivity contribution is 5.78. The molecular weight excluding hydrogens is 310 g/mol. The Morgan fingerprint density at radius 2 is 1.80 bits per heavy atom. The Morgan fingerprint density at radius 3 is 2.36 bits per heavy atom. The normalized spacial score (nSPS) is 32.9. The lowest BCUT2D eigenvalue weighted by atomic mass is 9.68. The maximum atomic E-state index is 12.5. The summed E-state index contributed by atoms with van der Waals surface area (Å²) in [5.74, 6) is 0.732. The van der Waals surface area contributed by atoms with Gasteiger partial charge in [-0.15, -0.1) is 0 Å². The molecule has 1 heterocycles. The van der Waals surface area contributed by atoms with Gasteiger partial charge in [-0.2, -0.15) is 0 Å². The molecule has 0 bridgehead atoms. The molecular formula is C21H31N3O. The molecule has 4 nitrogen and oxygen atoms in total. The van der Waals surface area contributed by atoms with E-state index in [-0.39, 0.29) is 17.1 Å². The van der Waals surface area contributed by atoms with Crippen LogP contribution in [-0.2, 0) is 5.54 Å². The van der Waals surface area contributed by atoms with Crippen molar-refractivity contribution in [2.45, 2.75) is 56.0 Å². The first kappa shape index (κ1) is 16.9. The molecule has 1 saturated heterocycles. The van der Waals surface area contributed by atoms with Crippen LogP contribution in [0.5, 0.6) is 0 Å². The van der Waals surface area contributed by atoms with Gasteiger partial charge in [-0.3, -0.25) is 4.90 Å². The first-order chi connectivity index (χ1) is 12.1. The van der Waals surface area contributed by atoms with E-state index < -0.39 is 0 Å². The molecule has 3 aliphatic rings. The lowest BCUT2D eigenvalue weighted by molar-refractivity contribution is 0.0170. The fourth-order valence-electron chi connectivity index (χ4n) is 5.17. The highest BCUT2D eigenvalue weighted by Gasteiger charge is 2.52. The molecule has 0 unspecified atom stereocenters. The molecule has 0 aromatic heterocycles. The molecule has 0 atom stereocenters. The van der Waals surface area contributed by atoms with E-state index in [0.717, 1.165) is 44.7 Å². The van der Waals surface area contributed by atoms with Crippen molar-refractivity contribution in [2.75, 3.05) is 27.2 Å². The minimum Gasteiger partial charge on any atom is -0.336 e. The van der Waals surface area contributed by atoms with E-state index >= 15 is 0 Å². The van der Waals surface area contributed by atoms with E-state index in [1.165, 1.54) is 24.8 Å². The van der Waals surface area contributed by atoms with Crippen LogP contribution in [0.4, 0.5) is 4.79 Å². The standard InChI is InChI=1S/C21H31N3O/c1-23(2)21(18-9-4-3-5-10-18)13-11-20(12-14-21)16-22-19(25)24(20)15-17-7-6-8-17/h3-5,9-10,17H,6-8,11-16H2,1-2H3,(H,22,25)/t20-,21-. The third-order valence-electron chi connectivity index (χ3n) is 7.23. The highest BCUT2D eigenvalue weighted by Crippen LogP contribution is 2.48. The van der Waals surface area contributed by atoms with Crippen molar-refractivity contribution in [3.63, 3.8) is 0 Å². The smallest absolute Gasteiger partial charge is 0.318 e. The quantitative estimate of drug-likeness (QED) is 0.908. The number of carbonyl (C=O) groups excluding carboxylic acids is 1. The summed E-state index contributed by atoms with van der Waals surface area (Å²) in [5.41, 5.74) is 1.55. The number of carbonyl (C=O) groups is 1. The highest BCUT2D eigenvalue weighted by atomic mass is 16.2. The molecule has 1 spiro atoms. The summed E-state index contributed by atoms with van der Waals surface area (Å²) in [6, 6.07) is 11.1. The van der Waals surface area contributed by atoms with Gasteiger partial charge < -0.3 is 10.2 Å². The topological polar surface area (TPSA) is 35.6 Å². The third-order valence-corrected chi connectivity index (χ3v) is 7.23. The molecule has 1 aromatic carbocycles. The summed E-state index contributed by atoms with van der Waals surface area (Å²) in [6.45, 7) is 1.79. The molecule has 136 valence electrons. The van der Waals surface area contributed by atoms with Crippen molar-refractivity contribution in [3.05, 3.63) is 35.9 Å². The summed E-state index contributed by atoms with van der Waals surface area (Å²) in [5, 5.41) is 3.15. The first-order valence-corrected chi connectivity index (χ1v) is 9.84. The van der Waals surface area contributed by atoms with Crippen molar-refractivity contribution in [1.29, 1.82) is 0 Å². The molecule has 4 rings (SSSR count). The fourth-order valence-corrected chi connectivity index (χ4v) is 5.17. The monoisotopic (exact) mass is 341 g/mol. The molecule has 2 saturated carbocycles. The van der Waals surface area contributed by atoms with Gasteiger partial charge in [0.15, 0.2) is 0 Å². The molecule has 2 aliphatic carbocycles. The number of urea groups is 1. The van der Waals surface area contributed by atoms with Crippen LogP contribution in [0.15, 0.2) is 30.3 Å². The van der Waals surface area contributed by atoms with Gasteiger partial charge in [0.1, 0.15) is 0 Å². The molecule has 25 heavy (non-hydrogen) atoms. The number of nitrogens with zero attached hydrogens (tertiary/aromatic N) is 2. The average molecular weight is 341 g/mol. The number of hydrogen-bond acceptors (Lipinski definition) is 2. The Morgan fingerprint density at radius 1 is 1.12 bits per heavy atom. The zero-order valence-corrected chi connectivity index (χ0v) is 15.6. The summed E-state index contributed by atoms with van der Waals surface area (Å²) < 4.78 is 0. The number of rotatable bonds is 4. The number of amides is 2. The molecule has 2 amide bonds. The van der Waals surface area contributed by atoms with Crippen LogP contribution in [0.1, 0.15) is 50.5 Å². The van der Waals surface area contributed by atoms with Gasteiger partial charge in [-0.1, -0.05) is 36.8 Å². The van der Waals surface area contributed by atoms with E-state index in [9.17, 15) is 4.79 Å². The first-order valence-electron chi connectivity index (χ1n) is 9.84. The molecule has 0 radical (unpaired) electrons. The molecule has 1 aliphatic heterocycles. The molecule has 3 fully saturated rings. The minimum atomic E-state index is 0.0426. The number of hydrogen-bond donors (Lipinski definition) is 1. The van der Waals surface area contributed by atoms with E-state index in [1.807, 2.05) is 0 Å². The summed E-state index contributed by atoms with van der Waals surface area (Å²) in [7, 11) is 4.41. The van der Waals surface area contributed by atoms with E-state index in [4.69, 9.17) is 0 Å². The molecule has 1 N–H and O–H groups in total. The van der Waals surface area contributed by atoms with Crippen LogP contribution in [0.25, 0.3) is 0 Å². The summed E-state index contributed by atoms with van der Waals surface area (Å²) in [6.07, 6.45) is 8.33. The van der Waals surface area contributed by atoms with Gasteiger partial charge in [0.05, 0.1) is 5.54 Å². The van der Waals surface area contributed by atoms with Crippen LogP contribution >= 0.6 is 0 Å². The van der Waals surface area contributed by atoms with E-state index in [0.29, 0.717) is 0 Å². The number of nitrogens with one attached hydrogen (secondary N) is 1. The van der Waals surface area contributed by atoms with Gasteiger partial charge in [0, 0.05) is 18.6 Å². The predicted octanol–water partition coefficient (Wildman–Crippen LogP) is 3.58. The fraction of sp³-hybridized carbons (Fsp3) is 0.667. The van der Waals surface area contributed by atoms with Crippen LogP contribution in [0, 0.1) is 5.92 Å². The Kier molecular flexibility index (Phi) is 4.27. The number of benzene rings is 1.